The van der Waals surface area contributed by atoms with Crippen molar-refractivity contribution in [2.75, 3.05) is 13.2 Å². The SMILES string of the molecule is O=C(O)c1c(I)c(O)c(I)c(C(=O)OCC(O)CO)c1I. The van der Waals surface area contributed by atoms with Crippen molar-refractivity contribution in [3.8, 4) is 5.75 Å². The van der Waals surface area contributed by atoms with E-state index in [-0.39, 0.29) is 27.6 Å². The van der Waals surface area contributed by atoms with E-state index in [4.69, 9.17) is 14.9 Å². The van der Waals surface area contributed by atoms with Crippen LogP contribution < -0.4 is 0 Å². The van der Waals surface area contributed by atoms with Crippen molar-refractivity contribution in [1.82, 2.24) is 0 Å². The molecule has 116 valence electrons. The highest BCUT2D eigenvalue weighted by Crippen LogP contribution is 2.36. The normalized spacial score (nSPS) is 12.0. The van der Waals surface area contributed by atoms with Crippen molar-refractivity contribution in [2.45, 2.75) is 6.10 Å². The molecule has 0 aliphatic rings. The van der Waals surface area contributed by atoms with Gasteiger partial charge in [-0.2, -0.15) is 0 Å². The van der Waals surface area contributed by atoms with Gasteiger partial charge in [0, 0.05) is 3.57 Å². The minimum absolute atomic E-state index is 0.0864. The van der Waals surface area contributed by atoms with Gasteiger partial charge in [0.25, 0.3) is 0 Å². The molecule has 0 saturated carbocycles. The Labute approximate surface area is 160 Å². The van der Waals surface area contributed by atoms with Crippen LogP contribution in [0.15, 0.2) is 0 Å². The van der Waals surface area contributed by atoms with E-state index in [0.29, 0.717) is 0 Å². The molecule has 10 heteroatoms. The molecule has 0 saturated heterocycles. The van der Waals surface area contributed by atoms with Gasteiger partial charge in [-0.15, -0.1) is 0 Å². The number of aliphatic hydroxyl groups is 2. The summed E-state index contributed by atoms with van der Waals surface area (Å²) in [4.78, 5) is 23.3. The van der Waals surface area contributed by atoms with Gasteiger partial charge in [-0.25, -0.2) is 9.59 Å². The fourth-order valence-electron chi connectivity index (χ4n) is 1.31. The lowest BCUT2D eigenvalue weighted by atomic mass is 10.1. The van der Waals surface area contributed by atoms with Gasteiger partial charge in [0.1, 0.15) is 18.5 Å². The highest BCUT2D eigenvalue weighted by Gasteiger charge is 2.28. The number of carboxylic acid groups (broad SMARTS) is 1. The zero-order valence-electron chi connectivity index (χ0n) is 10.1. The molecule has 1 aromatic carbocycles. The molecule has 0 heterocycles. The van der Waals surface area contributed by atoms with E-state index in [9.17, 15) is 19.8 Å². The van der Waals surface area contributed by atoms with Gasteiger partial charge < -0.3 is 25.2 Å². The summed E-state index contributed by atoms with van der Waals surface area (Å²) in [7, 11) is 0. The smallest absolute Gasteiger partial charge is 0.340 e. The lowest BCUT2D eigenvalue weighted by Crippen LogP contribution is -2.23. The van der Waals surface area contributed by atoms with Crippen molar-refractivity contribution in [3.05, 3.63) is 21.8 Å². The van der Waals surface area contributed by atoms with E-state index in [2.05, 4.69) is 0 Å². The van der Waals surface area contributed by atoms with Crippen LogP contribution in [0.4, 0.5) is 0 Å². The molecule has 0 aliphatic carbocycles. The van der Waals surface area contributed by atoms with Gasteiger partial charge in [-0.3, -0.25) is 0 Å². The predicted octanol–water partition coefficient (Wildman–Crippen LogP) is 1.41. The van der Waals surface area contributed by atoms with E-state index >= 15 is 0 Å². The Morgan fingerprint density at radius 3 is 2.10 bits per heavy atom. The Bertz CT molecular complexity index is 588. The monoisotopic (exact) mass is 634 g/mol. The van der Waals surface area contributed by atoms with Gasteiger partial charge in [0.15, 0.2) is 0 Å². The zero-order valence-corrected chi connectivity index (χ0v) is 16.6. The number of aliphatic hydroxyl groups excluding tert-OH is 2. The van der Waals surface area contributed by atoms with Gasteiger partial charge in [-0.1, -0.05) is 0 Å². The van der Waals surface area contributed by atoms with Crippen molar-refractivity contribution in [3.63, 3.8) is 0 Å². The molecule has 1 rings (SSSR count). The van der Waals surface area contributed by atoms with Crippen LogP contribution in [0.2, 0.25) is 0 Å². The maximum Gasteiger partial charge on any atom is 0.340 e. The molecule has 1 unspecified atom stereocenters. The first-order chi connectivity index (χ1) is 9.72. The highest BCUT2D eigenvalue weighted by molar-refractivity contribution is 14.1. The highest BCUT2D eigenvalue weighted by atomic mass is 127. The number of phenols is 1. The van der Waals surface area contributed by atoms with Crippen LogP contribution in [0.1, 0.15) is 20.7 Å². The van der Waals surface area contributed by atoms with Gasteiger partial charge in [0.2, 0.25) is 0 Å². The summed E-state index contributed by atoms with van der Waals surface area (Å²) in [5.74, 6) is -2.48. The molecule has 1 atom stereocenters. The molecule has 0 amide bonds. The number of carbonyl (C=O) groups excluding carboxylic acids is 1. The van der Waals surface area contributed by atoms with Gasteiger partial charge in [0.05, 0.1) is 24.9 Å². The maximum absolute atomic E-state index is 12.0. The summed E-state index contributed by atoms with van der Waals surface area (Å²) in [6.45, 7) is -1.00. The Balaban J connectivity index is 3.30. The number of carbonyl (C=O) groups is 2. The van der Waals surface area contributed by atoms with E-state index < -0.39 is 31.3 Å². The summed E-state index contributed by atoms with van der Waals surface area (Å²) in [5, 5.41) is 36.9. The fraction of sp³-hybridized carbons (Fsp3) is 0.273. The minimum atomic E-state index is -1.28. The average Bonchev–Trinajstić information content (AvgIpc) is 2.42. The van der Waals surface area contributed by atoms with Crippen LogP contribution in [-0.2, 0) is 4.74 Å². The van der Waals surface area contributed by atoms with Crippen LogP contribution >= 0.6 is 67.8 Å². The molecule has 21 heavy (non-hydrogen) atoms. The van der Waals surface area contributed by atoms with Crippen molar-refractivity contribution < 1.29 is 34.8 Å². The standard InChI is InChI=1S/C11H9I3O7/c12-6-4(10(18)19)7(13)9(17)8(14)5(6)11(20)21-2-3(16)1-15/h3,15-17H,1-2H2,(H,18,19). The van der Waals surface area contributed by atoms with Crippen LogP contribution in [0.5, 0.6) is 5.75 Å². The molecule has 0 radical (unpaired) electrons. The maximum atomic E-state index is 12.0. The topological polar surface area (TPSA) is 124 Å². The largest absolute Gasteiger partial charge is 0.506 e. The van der Waals surface area contributed by atoms with Crippen molar-refractivity contribution >= 4 is 79.7 Å². The molecule has 7 nitrogen and oxygen atoms in total. The van der Waals surface area contributed by atoms with Crippen LogP contribution in [0.3, 0.4) is 0 Å². The second-order valence-electron chi connectivity index (χ2n) is 3.78. The minimum Gasteiger partial charge on any atom is -0.506 e. The van der Waals surface area contributed by atoms with Crippen molar-refractivity contribution in [2.24, 2.45) is 0 Å². The molecule has 0 bridgehead atoms. The third-order valence-corrected chi connectivity index (χ3v) is 5.51. The average molecular weight is 634 g/mol. The number of benzene rings is 1. The number of ether oxygens (including phenoxy) is 1. The number of halogens is 3. The zero-order chi connectivity index (χ0) is 16.3. The summed E-state index contributed by atoms with van der Waals surface area (Å²) < 4.78 is 5.23. The molecule has 0 aromatic heterocycles. The third-order valence-electron chi connectivity index (χ3n) is 2.33. The molecule has 0 fully saturated rings. The molecule has 0 aliphatic heterocycles. The summed E-state index contributed by atoms with van der Waals surface area (Å²) in [6.07, 6.45) is -1.22. The number of hydrogen-bond acceptors (Lipinski definition) is 6. The summed E-state index contributed by atoms with van der Waals surface area (Å²) >= 11 is 5.09. The van der Waals surface area contributed by atoms with E-state index in [0.717, 1.165) is 0 Å². The van der Waals surface area contributed by atoms with Crippen LogP contribution in [0, 0.1) is 10.7 Å². The summed E-state index contributed by atoms with van der Waals surface area (Å²) in [5.41, 5.74) is -0.277. The number of hydrogen-bond donors (Lipinski definition) is 4. The number of phenolic OH excluding ortho intramolecular Hbond substituents is 1. The van der Waals surface area contributed by atoms with E-state index in [1.807, 2.05) is 0 Å². The second-order valence-corrected chi connectivity index (χ2v) is 7.02. The van der Waals surface area contributed by atoms with Gasteiger partial charge >= 0.3 is 11.9 Å². The number of carboxylic acids is 1. The fourth-order valence-corrected chi connectivity index (χ4v) is 5.38. The molecule has 4 N–H and O–H groups in total. The van der Waals surface area contributed by atoms with Crippen molar-refractivity contribution in [1.29, 1.82) is 0 Å². The second kappa shape index (κ2) is 8.07. The number of aromatic carboxylic acids is 1. The first-order valence-electron chi connectivity index (χ1n) is 5.31. The third kappa shape index (κ3) is 4.29. The Hall–Kier alpha value is 0.0700. The molecule has 1 aromatic rings. The number of aromatic hydroxyl groups is 1. The summed E-state index contributed by atoms with van der Waals surface area (Å²) in [6, 6.07) is 0. The number of rotatable bonds is 5. The Morgan fingerprint density at radius 1 is 1.10 bits per heavy atom. The number of esters is 1. The van der Waals surface area contributed by atoms with Crippen LogP contribution in [0.25, 0.3) is 0 Å². The molecular formula is C11H9I3O7. The molecular weight excluding hydrogens is 625 g/mol. The Morgan fingerprint density at radius 2 is 1.62 bits per heavy atom. The predicted molar refractivity (Wildman–Crippen MR) is 96.6 cm³/mol. The van der Waals surface area contributed by atoms with E-state index in [1.54, 1.807) is 67.8 Å². The quantitative estimate of drug-likeness (QED) is 0.286. The Kier molecular flexibility index (Phi) is 7.35. The van der Waals surface area contributed by atoms with Gasteiger partial charge in [-0.05, 0) is 67.8 Å². The first-order valence-corrected chi connectivity index (χ1v) is 8.54. The first kappa shape index (κ1) is 19.1. The molecule has 0 spiro atoms. The van der Waals surface area contributed by atoms with Crippen LogP contribution in [-0.4, -0.2) is 51.7 Å². The van der Waals surface area contributed by atoms with E-state index in [1.165, 1.54) is 0 Å². The lowest BCUT2D eigenvalue weighted by Gasteiger charge is -2.14. The lowest BCUT2D eigenvalue weighted by molar-refractivity contribution is 0.00913.